The second kappa shape index (κ2) is 3.62. The monoisotopic (exact) mass is 190 g/mol. The minimum atomic E-state index is -0.296. The topological polar surface area (TPSA) is 43.4 Å². The number of hydrogen-bond donors (Lipinski definition) is 0. The van der Waals surface area contributed by atoms with Crippen LogP contribution in [-0.2, 0) is 9.59 Å². The summed E-state index contributed by atoms with van der Waals surface area (Å²) in [5.41, 5.74) is 0. The van der Waals surface area contributed by atoms with Gasteiger partial charge in [-0.15, -0.1) is 0 Å². The number of benzene rings is 1. The van der Waals surface area contributed by atoms with Gasteiger partial charge in [0.2, 0.25) is 0 Å². The van der Waals surface area contributed by atoms with E-state index in [4.69, 9.17) is 4.74 Å². The van der Waals surface area contributed by atoms with Crippen LogP contribution in [0, 0.1) is 5.92 Å². The van der Waals surface area contributed by atoms with Crippen LogP contribution >= 0.6 is 0 Å². The molecule has 0 heterocycles. The molecule has 1 aromatic rings. The number of ketones is 1. The Balaban J connectivity index is 1.92. The lowest BCUT2D eigenvalue weighted by molar-refractivity contribution is -0.147. The van der Waals surface area contributed by atoms with Crippen molar-refractivity contribution in [3.8, 4) is 5.75 Å². The number of hydrogen-bond acceptors (Lipinski definition) is 3. The average Bonchev–Trinajstić information content (AvgIpc) is 2.14. The molecule has 1 saturated carbocycles. The Kier molecular flexibility index (Phi) is 2.31. The molecule has 0 amide bonds. The Morgan fingerprint density at radius 2 is 1.86 bits per heavy atom. The largest absolute Gasteiger partial charge is 0.426 e. The van der Waals surface area contributed by atoms with E-state index in [-0.39, 0.29) is 17.7 Å². The summed E-state index contributed by atoms with van der Waals surface area (Å²) >= 11 is 0. The van der Waals surface area contributed by atoms with Crippen molar-refractivity contribution in [2.24, 2.45) is 5.92 Å². The Bertz CT molecular complexity index is 348. The molecule has 1 aliphatic carbocycles. The van der Waals surface area contributed by atoms with Crippen molar-refractivity contribution in [3.63, 3.8) is 0 Å². The molecule has 0 aliphatic heterocycles. The van der Waals surface area contributed by atoms with E-state index < -0.39 is 0 Å². The van der Waals surface area contributed by atoms with Gasteiger partial charge in [0.25, 0.3) is 0 Å². The third-order valence-corrected chi connectivity index (χ3v) is 2.24. The summed E-state index contributed by atoms with van der Waals surface area (Å²) in [7, 11) is 0. The van der Waals surface area contributed by atoms with Crippen LogP contribution < -0.4 is 4.74 Å². The van der Waals surface area contributed by atoms with Crippen LogP contribution in [0.2, 0.25) is 0 Å². The molecule has 2 rings (SSSR count). The molecule has 3 nitrogen and oxygen atoms in total. The van der Waals surface area contributed by atoms with Crippen LogP contribution in [-0.4, -0.2) is 11.8 Å². The lowest BCUT2D eigenvalue weighted by Crippen LogP contribution is -2.33. The standard InChI is InChI=1S/C11H10O3/c12-9-6-8(7-9)11(13)14-10-4-2-1-3-5-10/h1-5,8H,6-7H2. The van der Waals surface area contributed by atoms with Crippen LogP contribution in [0.4, 0.5) is 0 Å². The van der Waals surface area contributed by atoms with Crippen molar-refractivity contribution in [1.82, 2.24) is 0 Å². The molecule has 0 saturated heterocycles. The number of esters is 1. The first kappa shape index (κ1) is 8.94. The highest BCUT2D eigenvalue weighted by Gasteiger charge is 2.34. The molecule has 1 fully saturated rings. The Morgan fingerprint density at radius 3 is 2.43 bits per heavy atom. The molecule has 0 aromatic heterocycles. The third kappa shape index (κ3) is 1.82. The van der Waals surface area contributed by atoms with Crippen molar-refractivity contribution in [1.29, 1.82) is 0 Å². The molecule has 72 valence electrons. The molecular weight excluding hydrogens is 180 g/mol. The molecule has 0 unspecified atom stereocenters. The molecule has 0 radical (unpaired) electrons. The van der Waals surface area contributed by atoms with Crippen molar-refractivity contribution in [2.45, 2.75) is 12.8 Å². The van der Waals surface area contributed by atoms with Crippen molar-refractivity contribution < 1.29 is 14.3 Å². The second-order valence-corrected chi connectivity index (χ2v) is 3.38. The quantitative estimate of drug-likeness (QED) is 0.525. The van der Waals surface area contributed by atoms with Crippen LogP contribution in [0.3, 0.4) is 0 Å². The highest BCUT2D eigenvalue weighted by molar-refractivity contribution is 5.94. The zero-order valence-corrected chi connectivity index (χ0v) is 7.60. The lowest BCUT2D eigenvalue weighted by atomic mass is 9.84. The smallest absolute Gasteiger partial charge is 0.315 e. The van der Waals surface area contributed by atoms with Gasteiger partial charge in [-0.25, -0.2) is 0 Å². The first-order valence-corrected chi connectivity index (χ1v) is 4.54. The van der Waals surface area contributed by atoms with E-state index in [2.05, 4.69) is 0 Å². The molecular formula is C11H10O3. The number of Topliss-reactive ketones (excluding diaryl/α,β-unsaturated/α-hetero) is 1. The summed E-state index contributed by atoms with van der Waals surface area (Å²) in [6, 6.07) is 8.89. The maximum atomic E-state index is 11.4. The van der Waals surface area contributed by atoms with Crippen molar-refractivity contribution >= 4 is 11.8 Å². The van der Waals surface area contributed by atoms with Gasteiger partial charge in [0.05, 0.1) is 5.92 Å². The average molecular weight is 190 g/mol. The number of carbonyl (C=O) groups is 2. The molecule has 3 heteroatoms. The molecule has 14 heavy (non-hydrogen) atoms. The number of carbonyl (C=O) groups excluding carboxylic acids is 2. The molecule has 0 bridgehead atoms. The van der Waals surface area contributed by atoms with E-state index >= 15 is 0 Å². The zero-order chi connectivity index (χ0) is 9.97. The molecule has 1 aliphatic rings. The first-order valence-electron chi connectivity index (χ1n) is 4.54. The molecule has 1 aromatic carbocycles. The van der Waals surface area contributed by atoms with Gasteiger partial charge in [0.15, 0.2) is 0 Å². The summed E-state index contributed by atoms with van der Waals surface area (Å²) in [5, 5.41) is 0. The minimum Gasteiger partial charge on any atom is -0.426 e. The molecule has 0 spiro atoms. The van der Waals surface area contributed by atoms with Gasteiger partial charge in [-0.2, -0.15) is 0 Å². The molecule has 0 N–H and O–H groups in total. The number of rotatable bonds is 2. The van der Waals surface area contributed by atoms with E-state index in [1.165, 1.54) is 0 Å². The van der Waals surface area contributed by atoms with E-state index in [0.717, 1.165) is 0 Å². The maximum absolute atomic E-state index is 11.4. The summed E-state index contributed by atoms with van der Waals surface area (Å²) in [5.74, 6) is 0.162. The summed E-state index contributed by atoms with van der Waals surface area (Å²) in [4.78, 5) is 22.0. The first-order chi connectivity index (χ1) is 6.75. The highest BCUT2D eigenvalue weighted by Crippen LogP contribution is 2.24. The maximum Gasteiger partial charge on any atom is 0.315 e. The van der Waals surface area contributed by atoms with E-state index in [1.807, 2.05) is 6.07 Å². The predicted molar refractivity (Wildman–Crippen MR) is 49.8 cm³/mol. The van der Waals surface area contributed by atoms with Crippen LogP contribution in [0.25, 0.3) is 0 Å². The number of ether oxygens (including phenoxy) is 1. The fourth-order valence-electron chi connectivity index (χ4n) is 1.34. The van der Waals surface area contributed by atoms with E-state index in [1.54, 1.807) is 24.3 Å². The number of para-hydroxylation sites is 1. The van der Waals surface area contributed by atoms with E-state index in [9.17, 15) is 9.59 Å². The van der Waals surface area contributed by atoms with Crippen molar-refractivity contribution in [3.05, 3.63) is 30.3 Å². The SMILES string of the molecule is O=C1CC(C(=O)Oc2ccccc2)C1. The van der Waals surface area contributed by atoms with Gasteiger partial charge >= 0.3 is 5.97 Å². The predicted octanol–water partition coefficient (Wildman–Crippen LogP) is 1.57. The van der Waals surface area contributed by atoms with Gasteiger partial charge in [-0.3, -0.25) is 9.59 Å². The molecule has 0 atom stereocenters. The Morgan fingerprint density at radius 1 is 1.21 bits per heavy atom. The van der Waals surface area contributed by atoms with Gasteiger partial charge in [0.1, 0.15) is 11.5 Å². The zero-order valence-electron chi connectivity index (χ0n) is 7.60. The summed E-state index contributed by atoms with van der Waals surface area (Å²) < 4.78 is 5.08. The normalized spacial score (nSPS) is 16.1. The van der Waals surface area contributed by atoms with E-state index in [0.29, 0.717) is 18.6 Å². The fraction of sp³-hybridized carbons (Fsp3) is 0.273. The Hall–Kier alpha value is -1.64. The summed E-state index contributed by atoms with van der Waals surface area (Å²) in [6.45, 7) is 0. The Labute approximate surface area is 81.7 Å². The second-order valence-electron chi connectivity index (χ2n) is 3.38. The third-order valence-electron chi connectivity index (χ3n) is 2.24. The van der Waals surface area contributed by atoms with Crippen LogP contribution in [0.5, 0.6) is 5.75 Å². The van der Waals surface area contributed by atoms with Gasteiger partial charge in [-0.1, -0.05) is 18.2 Å². The van der Waals surface area contributed by atoms with Crippen molar-refractivity contribution in [2.75, 3.05) is 0 Å². The summed E-state index contributed by atoms with van der Waals surface area (Å²) in [6.07, 6.45) is 0.678. The van der Waals surface area contributed by atoms with Gasteiger partial charge in [0, 0.05) is 12.8 Å². The van der Waals surface area contributed by atoms with Gasteiger partial charge < -0.3 is 4.74 Å². The van der Waals surface area contributed by atoms with Crippen LogP contribution in [0.15, 0.2) is 30.3 Å². The van der Waals surface area contributed by atoms with Gasteiger partial charge in [-0.05, 0) is 12.1 Å². The van der Waals surface area contributed by atoms with Crippen LogP contribution in [0.1, 0.15) is 12.8 Å². The lowest BCUT2D eigenvalue weighted by Gasteiger charge is -2.21. The minimum absolute atomic E-state index is 0.139. The fourth-order valence-corrected chi connectivity index (χ4v) is 1.34. The highest BCUT2D eigenvalue weighted by atomic mass is 16.5.